The maximum atomic E-state index is 13.7. The number of benzene rings is 2. The maximum Gasteiger partial charge on any atom is 0.410 e. The quantitative estimate of drug-likeness (QED) is 0.274. The van der Waals surface area contributed by atoms with E-state index in [0.29, 0.717) is 53.1 Å². The average Bonchev–Trinajstić information content (AvgIpc) is 3.57. The number of aromatic nitrogens is 4. The van der Waals surface area contributed by atoms with Crippen LogP contribution >= 0.6 is 11.6 Å². The molecule has 2 aliphatic heterocycles. The Kier molecular flexibility index (Phi) is 8.85. The highest BCUT2D eigenvalue weighted by molar-refractivity contribution is 6.36. The molecule has 6 rings (SSSR count). The number of hydrogen-bond acceptors (Lipinski definition) is 8. The summed E-state index contributed by atoms with van der Waals surface area (Å²) in [5.74, 6) is -0.103. The van der Waals surface area contributed by atoms with Crippen LogP contribution in [0.2, 0.25) is 5.02 Å². The molecule has 0 saturated heterocycles. The number of amides is 2. The predicted molar refractivity (Wildman–Crippen MR) is 180 cm³/mol. The first-order chi connectivity index (χ1) is 22.9. The molecule has 4 heterocycles. The molecule has 2 N–H and O–H groups in total. The van der Waals surface area contributed by atoms with E-state index in [0.717, 1.165) is 30.0 Å². The zero-order chi connectivity index (χ0) is 34.3. The summed E-state index contributed by atoms with van der Waals surface area (Å²) < 4.78 is 9.11. The Morgan fingerprint density at radius 1 is 1.00 bits per heavy atom. The molecule has 12 nitrogen and oxygen atoms in total. The number of ether oxygens (including phenoxy) is 1. The van der Waals surface area contributed by atoms with Crippen LogP contribution in [-0.4, -0.2) is 60.5 Å². The topological polar surface area (TPSA) is 147 Å². The van der Waals surface area contributed by atoms with Crippen LogP contribution in [0.5, 0.6) is 0 Å². The van der Waals surface area contributed by atoms with E-state index in [1.807, 2.05) is 32.4 Å². The van der Waals surface area contributed by atoms with Gasteiger partial charge < -0.3 is 29.4 Å². The second kappa shape index (κ2) is 12.9. The second-order valence-corrected chi connectivity index (χ2v) is 13.4. The fraction of sp³-hybridized carbons (Fsp3) is 0.371. The summed E-state index contributed by atoms with van der Waals surface area (Å²) in [6.07, 6.45) is 0.836. The van der Waals surface area contributed by atoms with Crippen LogP contribution in [0.4, 0.5) is 10.5 Å². The van der Waals surface area contributed by atoms with E-state index in [4.69, 9.17) is 16.3 Å². The lowest BCUT2D eigenvalue weighted by atomic mass is 9.93. The number of imidazole rings is 2. The molecule has 0 radical (unpaired) electrons. The molecule has 0 saturated carbocycles. The van der Waals surface area contributed by atoms with Crippen molar-refractivity contribution in [1.29, 1.82) is 5.26 Å². The van der Waals surface area contributed by atoms with Crippen LogP contribution in [0.3, 0.4) is 0 Å². The molecule has 4 aromatic rings. The summed E-state index contributed by atoms with van der Waals surface area (Å²) in [6, 6.07) is 12.8. The number of carbonyl (C=O) groups excluding carboxylic acids is 3. The predicted octanol–water partition coefficient (Wildman–Crippen LogP) is 4.96. The highest BCUT2D eigenvalue weighted by Crippen LogP contribution is 2.37. The number of Topliss-reactive ketones (excluding diaryl/α,β-unsaturated/α-hetero) is 1. The lowest BCUT2D eigenvalue weighted by Gasteiger charge is -2.29. The van der Waals surface area contributed by atoms with Crippen molar-refractivity contribution < 1.29 is 19.1 Å². The molecule has 0 spiro atoms. The van der Waals surface area contributed by atoms with Gasteiger partial charge in [0.25, 0.3) is 5.91 Å². The maximum absolute atomic E-state index is 13.7. The van der Waals surface area contributed by atoms with E-state index in [1.54, 1.807) is 52.9 Å². The number of halogens is 1. The van der Waals surface area contributed by atoms with Gasteiger partial charge in [0.1, 0.15) is 11.7 Å². The van der Waals surface area contributed by atoms with E-state index in [2.05, 4.69) is 26.7 Å². The lowest BCUT2D eigenvalue weighted by Crippen LogP contribution is -2.40. The summed E-state index contributed by atoms with van der Waals surface area (Å²) >= 11 is 6.87. The molecule has 2 aliphatic rings. The first-order valence-corrected chi connectivity index (χ1v) is 16.2. The molecule has 2 aromatic carbocycles. The van der Waals surface area contributed by atoms with Gasteiger partial charge in [0.05, 0.1) is 34.2 Å². The molecule has 0 bridgehead atoms. The van der Waals surface area contributed by atoms with Crippen molar-refractivity contribution in [3.8, 4) is 17.2 Å². The zero-order valence-corrected chi connectivity index (χ0v) is 28.4. The van der Waals surface area contributed by atoms with Crippen molar-refractivity contribution >= 4 is 35.1 Å². The minimum Gasteiger partial charge on any atom is -0.444 e. The molecule has 2 amide bonds. The van der Waals surface area contributed by atoms with Crippen molar-refractivity contribution in [1.82, 2.24) is 29.3 Å². The largest absolute Gasteiger partial charge is 0.444 e. The fourth-order valence-corrected chi connectivity index (χ4v) is 6.56. The van der Waals surface area contributed by atoms with Gasteiger partial charge in [-0.25, -0.2) is 14.8 Å². The van der Waals surface area contributed by atoms with Crippen LogP contribution in [0.15, 0.2) is 36.4 Å². The van der Waals surface area contributed by atoms with Gasteiger partial charge in [-0.3, -0.25) is 9.59 Å². The molecule has 13 heteroatoms. The van der Waals surface area contributed by atoms with Gasteiger partial charge in [0, 0.05) is 75.5 Å². The van der Waals surface area contributed by atoms with Crippen molar-refractivity contribution in [3.63, 3.8) is 0 Å². The third kappa shape index (κ3) is 6.31. The lowest BCUT2D eigenvalue weighted by molar-refractivity contribution is 0.0220. The molecule has 2 aromatic heterocycles. The van der Waals surface area contributed by atoms with Crippen molar-refractivity contribution in [2.75, 3.05) is 18.4 Å². The van der Waals surface area contributed by atoms with Gasteiger partial charge in [0.15, 0.2) is 11.6 Å². The number of nitriles is 1. The van der Waals surface area contributed by atoms with Gasteiger partial charge in [-0.15, -0.1) is 0 Å². The molecule has 0 atom stereocenters. The van der Waals surface area contributed by atoms with Crippen molar-refractivity contribution in [2.45, 2.75) is 58.7 Å². The second-order valence-electron chi connectivity index (χ2n) is 13.0. The number of nitrogens with one attached hydrogen (secondary N) is 2. The highest BCUT2D eigenvalue weighted by atomic mass is 35.5. The van der Waals surface area contributed by atoms with Crippen LogP contribution in [0.1, 0.15) is 75.9 Å². The number of carbonyl (C=O) groups is 3. The Bertz CT molecular complexity index is 2000. The zero-order valence-electron chi connectivity index (χ0n) is 27.6. The van der Waals surface area contributed by atoms with E-state index >= 15 is 0 Å². The number of fused-ring (bicyclic) bond motifs is 2. The van der Waals surface area contributed by atoms with Gasteiger partial charge >= 0.3 is 6.09 Å². The van der Waals surface area contributed by atoms with Crippen molar-refractivity contribution in [3.05, 3.63) is 87.0 Å². The summed E-state index contributed by atoms with van der Waals surface area (Å²) in [4.78, 5) is 50.4. The Morgan fingerprint density at radius 3 is 2.42 bits per heavy atom. The SMILES string of the molecule is Cn1c(C(=O)Cc2cccc(-c3cccc(NC(=O)c4nc5c(n4C)CCNC5)c3Cl)c2C#N)nc2c1CCN(C(=O)OC(C)(C)C)C2. The fourth-order valence-electron chi connectivity index (χ4n) is 6.29. The third-order valence-corrected chi connectivity index (χ3v) is 9.05. The van der Waals surface area contributed by atoms with E-state index in [9.17, 15) is 19.6 Å². The van der Waals surface area contributed by atoms with Crippen LogP contribution in [0.25, 0.3) is 11.1 Å². The normalized spacial score (nSPS) is 14.1. The molecule has 0 unspecified atom stereocenters. The number of nitrogens with zero attached hydrogens (tertiary/aromatic N) is 6. The molecular formula is C35H37ClN8O4. The number of hydrogen-bond donors (Lipinski definition) is 2. The third-order valence-electron chi connectivity index (χ3n) is 8.64. The molecule has 0 aliphatic carbocycles. The summed E-state index contributed by atoms with van der Waals surface area (Å²) in [7, 11) is 3.62. The summed E-state index contributed by atoms with van der Waals surface area (Å²) in [5.41, 5.74) is 5.08. The van der Waals surface area contributed by atoms with Crippen LogP contribution in [-0.2, 0) is 51.2 Å². The summed E-state index contributed by atoms with van der Waals surface area (Å²) in [5, 5.41) is 16.7. The summed E-state index contributed by atoms with van der Waals surface area (Å²) in [6.45, 7) is 7.59. The smallest absolute Gasteiger partial charge is 0.410 e. The first-order valence-electron chi connectivity index (χ1n) is 15.8. The molecule has 248 valence electrons. The number of rotatable bonds is 6. The van der Waals surface area contributed by atoms with Gasteiger partial charge in [-0.1, -0.05) is 41.9 Å². The first kappa shape index (κ1) is 32.9. The van der Waals surface area contributed by atoms with E-state index in [1.165, 1.54) is 0 Å². The highest BCUT2D eigenvalue weighted by Gasteiger charge is 2.31. The Balaban J connectivity index is 1.23. The van der Waals surface area contributed by atoms with Gasteiger partial charge in [-0.05, 0) is 32.4 Å². The van der Waals surface area contributed by atoms with Crippen molar-refractivity contribution in [2.24, 2.45) is 14.1 Å². The molecular weight excluding hydrogens is 632 g/mol. The van der Waals surface area contributed by atoms with Gasteiger partial charge in [0.2, 0.25) is 5.78 Å². The minimum atomic E-state index is -0.619. The molecule has 0 fully saturated rings. The Hall–Kier alpha value is -4.99. The monoisotopic (exact) mass is 668 g/mol. The number of ketones is 1. The van der Waals surface area contributed by atoms with E-state index < -0.39 is 17.6 Å². The standard InChI is InChI=1S/C35H37ClN8O4/c1-35(2,3)48-34(47)44-15-13-28-26(19-44)40-31(42(28)4)29(45)16-20-8-6-9-21(23(20)17-37)22-10-7-11-24(30(22)36)41-33(46)32-39-25-18-38-14-12-27(25)43(32)5/h6-11,38H,12-16,18-19H2,1-5H3,(H,41,46). The molecule has 48 heavy (non-hydrogen) atoms. The van der Waals surface area contributed by atoms with Crippen LogP contribution in [0, 0.1) is 11.3 Å². The van der Waals surface area contributed by atoms with Crippen LogP contribution < -0.4 is 10.6 Å². The Labute approximate surface area is 283 Å². The van der Waals surface area contributed by atoms with E-state index in [-0.39, 0.29) is 35.4 Å². The van der Waals surface area contributed by atoms with Gasteiger partial charge in [-0.2, -0.15) is 5.26 Å². The Morgan fingerprint density at radius 2 is 1.69 bits per heavy atom. The average molecular weight is 669 g/mol. The minimum absolute atomic E-state index is 0.0665. The number of anilines is 1.